The Labute approximate surface area is 101 Å². The Balaban J connectivity index is 2.13. The average Bonchev–Trinajstić information content (AvgIpc) is 2.26. The van der Waals surface area contributed by atoms with Gasteiger partial charge in [0.05, 0.1) is 7.11 Å². The summed E-state index contributed by atoms with van der Waals surface area (Å²) < 4.78 is 5.16. The second-order valence-corrected chi connectivity index (χ2v) is 4.55. The molecule has 3 atom stereocenters. The lowest BCUT2D eigenvalue weighted by Crippen LogP contribution is -2.42. The Bertz CT molecular complexity index is 420. The van der Waals surface area contributed by atoms with E-state index in [4.69, 9.17) is 16.2 Å². The molecule has 1 amide bonds. The van der Waals surface area contributed by atoms with E-state index in [2.05, 4.69) is 0 Å². The molecule has 1 aliphatic rings. The molecule has 3 unspecified atom stereocenters. The number of hydrogen-bond donors (Lipinski definition) is 2. The van der Waals surface area contributed by atoms with E-state index in [1.807, 2.05) is 24.3 Å². The first-order valence-electron chi connectivity index (χ1n) is 5.82. The van der Waals surface area contributed by atoms with Crippen molar-refractivity contribution in [2.45, 2.75) is 18.9 Å². The van der Waals surface area contributed by atoms with Gasteiger partial charge in [0.15, 0.2) is 0 Å². The Morgan fingerprint density at radius 3 is 2.76 bits per heavy atom. The van der Waals surface area contributed by atoms with Crippen molar-refractivity contribution in [3.63, 3.8) is 0 Å². The third kappa shape index (κ3) is 2.26. The van der Waals surface area contributed by atoms with E-state index in [0.717, 1.165) is 24.2 Å². The quantitative estimate of drug-likeness (QED) is 0.821. The Hall–Kier alpha value is -1.55. The van der Waals surface area contributed by atoms with E-state index >= 15 is 0 Å². The fraction of sp³-hybridized carbons (Fsp3) is 0.462. The third-order valence-corrected chi connectivity index (χ3v) is 3.63. The van der Waals surface area contributed by atoms with Gasteiger partial charge >= 0.3 is 0 Å². The number of benzene rings is 1. The van der Waals surface area contributed by atoms with Crippen LogP contribution in [0.4, 0.5) is 0 Å². The highest BCUT2D eigenvalue weighted by Gasteiger charge is 2.39. The standard InChI is InChI=1S/C13H18N2O2/c1-17-9-4-2-3-8(7-9)12(14)10-5-6-11(10)13(15)16/h2-4,7,10-12H,5-6,14H2,1H3,(H2,15,16). The van der Waals surface area contributed by atoms with Gasteiger partial charge in [-0.05, 0) is 36.5 Å². The van der Waals surface area contributed by atoms with Gasteiger partial charge in [-0.1, -0.05) is 12.1 Å². The molecular weight excluding hydrogens is 216 g/mol. The highest BCUT2D eigenvalue weighted by atomic mass is 16.5. The van der Waals surface area contributed by atoms with Crippen LogP contribution >= 0.6 is 0 Å². The molecule has 4 nitrogen and oxygen atoms in total. The fourth-order valence-electron chi connectivity index (χ4n) is 2.40. The molecule has 0 aliphatic heterocycles. The molecule has 1 aromatic carbocycles. The number of carbonyl (C=O) groups excluding carboxylic acids is 1. The molecule has 0 saturated heterocycles. The zero-order valence-electron chi connectivity index (χ0n) is 9.93. The van der Waals surface area contributed by atoms with Crippen LogP contribution in [-0.2, 0) is 4.79 Å². The molecule has 4 N–H and O–H groups in total. The van der Waals surface area contributed by atoms with Crippen molar-refractivity contribution < 1.29 is 9.53 Å². The van der Waals surface area contributed by atoms with Crippen LogP contribution in [0, 0.1) is 11.8 Å². The maximum absolute atomic E-state index is 11.2. The maximum Gasteiger partial charge on any atom is 0.220 e. The van der Waals surface area contributed by atoms with Crippen molar-refractivity contribution in [2.75, 3.05) is 7.11 Å². The highest BCUT2D eigenvalue weighted by Crippen LogP contribution is 2.41. The van der Waals surface area contributed by atoms with Gasteiger partial charge in [0, 0.05) is 12.0 Å². The lowest BCUT2D eigenvalue weighted by Gasteiger charge is -2.38. The van der Waals surface area contributed by atoms with Gasteiger partial charge < -0.3 is 16.2 Å². The summed E-state index contributed by atoms with van der Waals surface area (Å²) in [6.07, 6.45) is 1.82. The molecule has 92 valence electrons. The van der Waals surface area contributed by atoms with Crippen LogP contribution in [0.15, 0.2) is 24.3 Å². The predicted octanol–water partition coefficient (Wildman–Crippen LogP) is 1.21. The minimum absolute atomic E-state index is 0.0730. The van der Waals surface area contributed by atoms with Crippen LogP contribution in [0.1, 0.15) is 24.4 Å². The SMILES string of the molecule is COc1cccc(C(N)C2CCC2C(N)=O)c1. The van der Waals surface area contributed by atoms with Crippen LogP contribution in [0.3, 0.4) is 0 Å². The maximum atomic E-state index is 11.2. The Kier molecular flexibility index (Phi) is 3.33. The van der Waals surface area contributed by atoms with Gasteiger partial charge in [0.25, 0.3) is 0 Å². The average molecular weight is 234 g/mol. The summed E-state index contributed by atoms with van der Waals surface area (Å²) >= 11 is 0. The molecule has 1 aliphatic carbocycles. The Morgan fingerprint density at radius 1 is 1.47 bits per heavy atom. The number of amides is 1. The zero-order chi connectivity index (χ0) is 12.4. The molecule has 4 heteroatoms. The fourth-order valence-corrected chi connectivity index (χ4v) is 2.40. The second kappa shape index (κ2) is 4.75. The molecular formula is C13H18N2O2. The van der Waals surface area contributed by atoms with E-state index in [-0.39, 0.29) is 23.8 Å². The molecule has 0 heterocycles. The molecule has 0 spiro atoms. The molecule has 1 fully saturated rings. The third-order valence-electron chi connectivity index (χ3n) is 3.63. The summed E-state index contributed by atoms with van der Waals surface area (Å²) in [6, 6.07) is 7.52. The van der Waals surface area contributed by atoms with E-state index in [9.17, 15) is 4.79 Å². The van der Waals surface area contributed by atoms with Crippen LogP contribution in [-0.4, -0.2) is 13.0 Å². The van der Waals surface area contributed by atoms with Crippen molar-refractivity contribution in [3.05, 3.63) is 29.8 Å². The van der Waals surface area contributed by atoms with E-state index < -0.39 is 0 Å². The molecule has 2 rings (SSSR count). The minimum atomic E-state index is -0.236. The van der Waals surface area contributed by atoms with Crippen molar-refractivity contribution >= 4 is 5.91 Å². The number of primary amides is 1. The number of carbonyl (C=O) groups is 1. The van der Waals surface area contributed by atoms with Crippen LogP contribution in [0.2, 0.25) is 0 Å². The number of ether oxygens (including phenoxy) is 1. The first kappa shape index (κ1) is 11.9. The van der Waals surface area contributed by atoms with E-state index in [1.54, 1.807) is 7.11 Å². The zero-order valence-corrected chi connectivity index (χ0v) is 9.93. The second-order valence-electron chi connectivity index (χ2n) is 4.55. The number of hydrogen-bond acceptors (Lipinski definition) is 3. The van der Waals surface area contributed by atoms with Gasteiger partial charge in [-0.2, -0.15) is 0 Å². The first-order valence-corrected chi connectivity index (χ1v) is 5.82. The summed E-state index contributed by atoms with van der Waals surface area (Å²) in [4.78, 5) is 11.2. The van der Waals surface area contributed by atoms with E-state index in [0.29, 0.717) is 0 Å². The normalized spacial score (nSPS) is 24.8. The minimum Gasteiger partial charge on any atom is -0.497 e. The van der Waals surface area contributed by atoms with Crippen LogP contribution in [0.5, 0.6) is 5.75 Å². The van der Waals surface area contributed by atoms with E-state index in [1.165, 1.54) is 0 Å². The molecule has 1 saturated carbocycles. The van der Waals surface area contributed by atoms with Crippen LogP contribution < -0.4 is 16.2 Å². The Morgan fingerprint density at radius 2 is 2.24 bits per heavy atom. The smallest absolute Gasteiger partial charge is 0.220 e. The van der Waals surface area contributed by atoms with Crippen molar-refractivity contribution in [1.29, 1.82) is 0 Å². The largest absolute Gasteiger partial charge is 0.497 e. The van der Waals surface area contributed by atoms with Crippen molar-refractivity contribution in [3.8, 4) is 5.75 Å². The number of rotatable bonds is 4. The molecule has 0 aromatic heterocycles. The van der Waals surface area contributed by atoms with Crippen LogP contribution in [0.25, 0.3) is 0 Å². The summed E-state index contributed by atoms with van der Waals surface area (Å²) in [6.45, 7) is 0. The van der Waals surface area contributed by atoms with Crippen molar-refractivity contribution in [2.24, 2.45) is 23.3 Å². The number of nitrogens with two attached hydrogens (primary N) is 2. The van der Waals surface area contributed by atoms with Gasteiger partial charge in [-0.3, -0.25) is 4.79 Å². The number of methoxy groups -OCH3 is 1. The molecule has 17 heavy (non-hydrogen) atoms. The monoisotopic (exact) mass is 234 g/mol. The summed E-state index contributed by atoms with van der Waals surface area (Å²) in [5.41, 5.74) is 12.5. The molecule has 1 aromatic rings. The lowest BCUT2D eigenvalue weighted by atomic mass is 9.68. The molecule has 0 bridgehead atoms. The lowest BCUT2D eigenvalue weighted by molar-refractivity contribution is -0.127. The van der Waals surface area contributed by atoms with Gasteiger partial charge in [-0.15, -0.1) is 0 Å². The molecule has 0 radical (unpaired) electrons. The topological polar surface area (TPSA) is 78.3 Å². The predicted molar refractivity (Wildman–Crippen MR) is 65.3 cm³/mol. The van der Waals surface area contributed by atoms with Gasteiger partial charge in [-0.25, -0.2) is 0 Å². The summed E-state index contributed by atoms with van der Waals surface area (Å²) in [5, 5.41) is 0. The summed E-state index contributed by atoms with van der Waals surface area (Å²) in [7, 11) is 1.63. The summed E-state index contributed by atoms with van der Waals surface area (Å²) in [5.74, 6) is 0.642. The highest BCUT2D eigenvalue weighted by molar-refractivity contribution is 5.78. The van der Waals surface area contributed by atoms with Gasteiger partial charge in [0.2, 0.25) is 5.91 Å². The first-order chi connectivity index (χ1) is 8.13. The van der Waals surface area contributed by atoms with Gasteiger partial charge in [0.1, 0.15) is 5.75 Å². The van der Waals surface area contributed by atoms with Crippen molar-refractivity contribution in [1.82, 2.24) is 0 Å².